The van der Waals surface area contributed by atoms with Gasteiger partial charge >= 0.3 is 5.97 Å². The Kier molecular flexibility index (Phi) is 10.3. The van der Waals surface area contributed by atoms with Crippen molar-refractivity contribution >= 4 is 5.97 Å². The van der Waals surface area contributed by atoms with Gasteiger partial charge in [0.2, 0.25) is 0 Å². The lowest BCUT2D eigenvalue weighted by atomic mass is 9.85. The number of aliphatic carboxylic acids is 1. The van der Waals surface area contributed by atoms with Gasteiger partial charge in [-0.3, -0.25) is 4.79 Å². The van der Waals surface area contributed by atoms with Gasteiger partial charge in [0.05, 0.1) is 0 Å². The Morgan fingerprint density at radius 3 is 2.17 bits per heavy atom. The van der Waals surface area contributed by atoms with Crippen LogP contribution in [-0.4, -0.2) is 47.8 Å². The molecule has 0 heterocycles. The summed E-state index contributed by atoms with van der Waals surface area (Å²) in [5.41, 5.74) is 6.41. The summed E-state index contributed by atoms with van der Waals surface area (Å²) >= 11 is 0. The molecule has 4 N–H and O–H groups in total. The van der Waals surface area contributed by atoms with E-state index in [9.17, 15) is 9.90 Å². The van der Waals surface area contributed by atoms with Crippen molar-refractivity contribution in [1.29, 1.82) is 0 Å². The Balaban J connectivity index is 0.000000561. The zero-order valence-corrected chi connectivity index (χ0v) is 15.9. The van der Waals surface area contributed by atoms with Crippen molar-refractivity contribution in [2.24, 2.45) is 17.6 Å². The highest BCUT2D eigenvalue weighted by Gasteiger charge is 2.18. The van der Waals surface area contributed by atoms with Gasteiger partial charge in [0, 0.05) is 6.54 Å². The van der Waals surface area contributed by atoms with Gasteiger partial charge in [-0.15, -0.1) is 0 Å². The molecule has 1 aromatic carbocycles. The number of carbonyl (C=O) groups is 1. The van der Waals surface area contributed by atoms with Gasteiger partial charge in [-0.1, -0.05) is 39.8 Å². The number of phenolic OH excluding ortho intramolecular Hbond substituents is 1. The molecule has 1 rings (SSSR count). The van der Waals surface area contributed by atoms with Crippen LogP contribution in [0.2, 0.25) is 0 Å². The normalized spacial score (nSPS) is 14.7. The fraction of sp³-hybridized carbons (Fsp3) is 0.632. The molecule has 3 atom stereocenters. The summed E-state index contributed by atoms with van der Waals surface area (Å²) in [6.07, 6.45) is 1.11. The molecule has 0 bridgehead atoms. The number of nitrogens with two attached hydrogens (primary N) is 1. The van der Waals surface area contributed by atoms with Crippen LogP contribution in [0.25, 0.3) is 0 Å². The molecule has 5 heteroatoms. The van der Waals surface area contributed by atoms with Gasteiger partial charge in [0.15, 0.2) is 0 Å². The summed E-state index contributed by atoms with van der Waals surface area (Å²) in [6, 6.07) is 6.94. The van der Waals surface area contributed by atoms with Crippen molar-refractivity contribution in [3.63, 3.8) is 0 Å². The Morgan fingerprint density at radius 1 is 1.25 bits per heavy atom. The van der Waals surface area contributed by atoms with E-state index in [1.54, 1.807) is 19.9 Å². The molecule has 0 saturated heterocycles. The van der Waals surface area contributed by atoms with Crippen LogP contribution in [-0.2, 0) is 4.79 Å². The molecule has 24 heavy (non-hydrogen) atoms. The van der Waals surface area contributed by atoms with Crippen LogP contribution in [0.5, 0.6) is 5.75 Å². The van der Waals surface area contributed by atoms with Crippen molar-refractivity contribution in [2.75, 3.05) is 20.6 Å². The molecule has 1 unspecified atom stereocenters. The summed E-state index contributed by atoms with van der Waals surface area (Å²) < 4.78 is 0. The van der Waals surface area contributed by atoms with Crippen molar-refractivity contribution in [2.45, 2.75) is 46.1 Å². The van der Waals surface area contributed by atoms with Gasteiger partial charge in [-0.05, 0) is 56.0 Å². The maximum Gasteiger partial charge on any atom is 0.320 e. The molecule has 1 aromatic rings. The van der Waals surface area contributed by atoms with Crippen LogP contribution in [0, 0.1) is 11.8 Å². The van der Waals surface area contributed by atoms with Gasteiger partial charge in [-0.25, -0.2) is 0 Å². The highest BCUT2D eigenvalue weighted by molar-refractivity contribution is 5.73. The highest BCUT2D eigenvalue weighted by Crippen LogP contribution is 2.30. The van der Waals surface area contributed by atoms with Gasteiger partial charge in [0.25, 0.3) is 0 Å². The zero-order valence-electron chi connectivity index (χ0n) is 15.9. The third-order valence-corrected chi connectivity index (χ3v) is 4.08. The van der Waals surface area contributed by atoms with Crippen LogP contribution in [0.1, 0.15) is 45.6 Å². The number of carboxylic acid groups (broad SMARTS) is 1. The zero-order chi connectivity index (χ0) is 18.9. The number of hydrogen-bond acceptors (Lipinski definition) is 4. The molecule has 0 aliphatic carbocycles. The van der Waals surface area contributed by atoms with E-state index in [-0.39, 0.29) is 5.92 Å². The Labute approximate surface area is 146 Å². The summed E-state index contributed by atoms with van der Waals surface area (Å²) in [5, 5.41) is 17.7. The smallest absolute Gasteiger partial charge is 0.320 e. The van der Waals surface area contributed by atoms with Crippen LogP contribution in [0.3, 0.4) is 0 Å². The first-order valence-electron chi connectivity index (χ1n) is 8.52. The number of aromatic hydroxyl groups is 1. The Hall–Kier alpha value is -1.59. The minimum Gasteiger partial charge on any atom is -0.508 e. The topological polar surface area (TPSA) is 86.8 Å². The second-order valence-electron chi connectivity index (χ2n) is 6.96. The van der Waals surface area contributed by atoms with E-state index < -0.39 is 12.0 Å². The average molecular weight is 338 g/mol. The minimum absolute atomic E-state index is 0.0208. The lowest BCUT2D eigenvalue weighted by molar-refractivity contribution is -0.139. The van der Waals surface area contributed by atoms with E-state index in [2.05, 4.69) is 38.9 Å². The van der Waals surface area contributed by atoms with Crippen LogP contribution >= 0.6 is 0 Å². The summed E-state index contributed by atoms with van der Waals surface area (Å²) in [6.45, 7) is 9.12. The van der Waals surface area contributed by atoms with E-state index in [1.165, 1.54) is 5.56 Å². The fourth-order valence-electron chi connectivity index (χ4n) is 2.71. The number of phenols is 1. The van der Waals surface area contributed by atoms with Crippen LogP contribution in [0.15, 0.2) is 24.3 Å². The molecular weight excluding hydrogens is 304 g/mol. The standard InChI is InChI=1S/C14H23NO.C5H11NO2/c1-5-14(11(2)10-15(3)4)12-7-6-8-13(16)9-12;1-3(2)4(6)5(7)8/h6-9,11,14,16H,5,10H2,1-4H3;3-4H,6H2,1-2H3,(H,7,8)/t11-,14+;/m0./s1. The van der Waals surface area contributed by atoms with Crippen molar-refractivity contribution in [3.05, 3.63) is 29.8 Å². The molecule has 0 fully saturated rings. The molecule has 0 spiro atoms. The van der Waals surface area contributed by atoms with E-state index >= 15 is 0 Å². The predicted molar refractivity (Wildman–Crippen MR) is 99.3 cm³/mol. The lowest BCUT2D eigenvalue weighted by Crippen LogP contribution is -2.34. The second kappa shape index (κ2) is 11.0. The number of nitrogens with zero attached hydrogens (tertiary/aromatic N) is 1. The van der Waals surface area contributed by atoms with Crippen molar-refractivity contribution < 1.29 is 15.0 Å². The van der Waals surface area contributed by atoms with Crippen molar-refractivity contribution in [1.82, 2.24) is 4.90 Å². The number of rotatable bonds is 7. The molecular formula is C19H34N2O3. The predicted octanol–water partition coefficient (Wildman–Crippen LogP) is 3.14. The van der Waals surface area contributed by atoms with E-state index in [0.717, 1.165) is 13.0 Å². The first kappa shape index (κ1) is 22.4. The Bertz CT molecular complexity index is 489. The van der Waals surface area contributed by atoms with Gasteiger partial charge in [0.1, 0.15) is 11.8 Å². The first-order valence-corrected chi connectivity index (χ1v) is 8.52. The SMILES string of the molecule is CC(C)C(N)C(=O)O.CC[C@@H](c1cccc(O)c1)[C@@H](C)CN(C)C. The van der Waals surface area contributed by atoms with Crippen LogP contribution in [0.4, 0.5) is 0 Å². The molecule has 0 aromatic heterocycles. The molecule has 138 valence electrons. The lowest BCUT2D eigenvalue weighted by Gasteiger charge is -2.26. The molecule has 0 amide bonds. The average Bonchev–Trinajstić information content (AvgIpc) is 2.47. The van der Waals surface area contributed by atoms with Crippen molar-refractivity contribution in [3.8, 4) is 5.75 Å². The summed E-state index contributed by atoms with van der Waals surface area (Å²) in [5.74, 6) is 0.580. The molecule has 0 saturated carbocycles. The summed E-state index contributed by atoms with van der Waals surface area (Å²) in [7, 11) is 4.21. The van der Waals surface area contributed by atoms with Gasteiger partial charge < -0.3 is 20.8 Å². The van der Waals surface area contributed by atoms with E-state index in [0.29, 0.717) is 17.6 Å². The number of benzene rings is 1. The molecule has 0 aliphatic rings. The van der Waals surface area contributed by atoms with E-state index in [1.807, 2.05) is 12.1 Å². The maximum absolute atomic E-state index is 10.0. The molecule has 0 radical (unpaired) electrons. The minimum atomic E-state index is -0.931. The number of hydrogen-bond donors (Lipinski definition) is 3. The molecule has 0 aliphatic heterocycles. The third kappa shape index (κ3) is 8.31. The van der Waals surface area contributed by atoms with Crippen LogP contribution < -0.4 is 5.73 Å². The van der Waals surface area contributed by atoms with Gasteiger partial charge in [-0.2, -0.15) is 0 Å². The fourth-order valence-corrected chi connectivity index (χ4v) is 2.71. The number of carboxylic acids is 1. The summed E-state index contributed by atoms with van der Waals surface area (Å²) in [4.78, 5) is 12.2. The molecule has 5 nitrogen and oxygen atoms in total. The third-order valence-electron chi connectivity index (χ3n) is 4.08. The quantitative estimate of drug-likeness (QED) is 0.711. The monoisotopic (exact) mass is 338 g/mol. The Morgan fingerprint density at radius 2 is 1.83 bits per heavy atom. The first-order chi connectivity index (χ1) is 11.1. The second-order valence-corrected chi connectivity index (χ2v) is 6.96. The largest absolute Gasteiger partial charge is 0.508 e. The van der Waals surface area contributed by atoms with E-state index in [4.69, 9.17) is 10.8 Å². The highest BCUT2D eigenvalue weighted by atomic mass is 16.4. The maximum atomic E-state index is 10.0.